The first-order valence-electron chi connectivity index (χ1n) is 5.52. The molecule has 1 aromatic carbocycles. The van der Waals surface area contributed by atoms with E-state index in [2.05, 4.69) is 0 Å². The molecule has 0 aliphatic carbocycles. The van der Waals surface area contributed by atoms with Gasteiger partial charge in [-0.1, -0.05) is 6.07 Å². The van der Waals surface area contributed by atoms with Crippen LogP contribution in [-0.4, -0.2) is 46.5 Å². The van der Waals surface area contributed by atoms with Gasteiger partial charge in [0.05, 0.1) is 11.1 Å². The Hall–Kier alpha value is -1.50. The topological polar surface area (TPSA) is 55.8 Å². The number of nitrogens with zero attached hydrogens (tertiary/aromatic N) is 1. The second kappa shape index (κ2) is 4.31. The fraction of sp³-hybridized carbons (Fsp3) is 0.333. The highest BCUT2D eigenvalue weighted by molar-refractivity contribution is 6.80. The Morgan fingerprint density at radius 3 is 2.17 bits per heavy atom. The summed E-state index contributed by atoms with van der Waals surface area (Å²) in [5.41, 5.74) is 0.864. The Bertz CT molecular complexity index is 525. The molecule has 0 spiro atoms. The summed E-state index contributed by atoms with van der Waals surface area (Å²) in [5.74, 6) is -0.542. The number of carbonyl (C=O) groups excluding carboxylic acids is 2. The van der Waals surface area contributed by atoms with Gasteiger partial charge in [-0.25, -0.2) is 0 Å². The van der Waals surface area contributed by atoms with Crippen molar-refractivity contribution in [2.24, 2.45) is 0 Å². The van der Waals surface area contributed by atoms with Crippen LogP contribution in [0.4, 0.5) is 0 Å². The van der Waals surface area contributed by atoms with Gasteiger partial charge in [-0.2, -0.15) is 0 Å². The van der Waals surface area contributed by atoms with E-state index in [1.54, 1.807) is 32.4 Å². The van der Waals surface area contributed by atoms with Gasteiger partial charge < -0.3 is 8.85 Å². The maximum Gasteiger partial charge on any atom is 0.368 e. The van der Waals surface area contributed by atoms with E-state index in [0.717, 1.165) is 10.1 Å². The molecule has 18 heavy (non-hydrogen) atoms. The van der Waals surface area contributed by atoms with E-state index in [9.17, 15) is 9.59 Å². The number of rotatable bonds is 3. The van der Waals surface area contributed by atoms with Crippen LogP contribution in [0, 0.1) is 0 Å². The van der Waals surface area contributed by atoms with Crippen molar-refractivity contribution in [2.45, 2.75) is 6.55 Å². The average molecular weight is 265 g/mol. The molecule has 0 N–H and O–H groups in total. The third-order valence-electron chi connectivity index (χ3n) is 3.39. The monoisotopic (exact) mass is 265 g/mol. The van der Waals surface area contributed by atoms with Crippen LogP contribution >= 0.6 is 0 Å². The van der Waals surface area contributed by atoms with E-state index in [1.165, 1.54) is 7.05 Å². The molecule has 1 aromatic rings. The predicted molar refractivity (Wildman–Crippen MR) is 68.1 cm³/mol. The summed E-state index contributed by atoms with van der Waals surface area (Å²) in [7, 11) is 2.18. The fourth-order valence-electron chi connectivity index (χ4n) is 1.96. The van der Waals surface area contributed by atoms with Crippen LogP contribution in [0.1, 0.15) is 20.7 Å². The summed E-state index contributed by atoms with van der Waals surface area (Å²) in [4.78, 5) is 24.8. The van der Waals surface area contributed by atoms with Crippen molar-refractivity contribution >= 4 is 25.6 Å². The predicted octanol–water partition coefficient (Wildman–Crippen LogP) is 0.484. The highest BCUT2D eigenvalue weighted by Crippen LogP contribution is 2.21. The molecule has 0 radical (unpaired) electrons. The molecule has 5 nitrogen and oxygen atoms in total. The summed E-state index contributed by atoms with van der Waals surface area (Å²) in [6.45, 7) is 1.89. The lowest BCUT2D eigenvalue weighted by Crippen LogP contribution is -2.49. The maximum atomic E-state index is 11.9. The minimum Gasteiger partial charge on any atom is -0.394 e. The lowest BCUT2D eigenvalue weighted by Gasteiger charge is -2.23. The summed E-state index contributed by atoms with van der Waals surface area (Å²) in [6, 6.07) is 5.17. The van der Waals surface area contributed by atoms with Crippen molar-refractivity contribution in [3.63, 3.8) is 0 Å². The molecular weight excluding hydrogens is 250 g/mol. The third kappa shape index (κ3) is 1.69. The zero-order valence-corrected chi connectivity index (χ0v) is 11.8. The molecule has 0 aromatic heterocycles. The van der Waals surface area contributed by atoms with Crippen molar-refractivity contribution in [1.82, 2.24) is 4.90 Å². The zero-order chi connectivity index (χ0) is 13.5. The first-order chi connectivity index (χ1) is 8.44. The molecule has 96 valence electrons. The summed E-state index contributed by atoms with van der Waals surface area (Å²) >= 11 is 0. The Kier molecular flexibility index (Phi) is 3.10. The number of hydrogen-bond donors (Lipinski definition) is 0. The van der Waals surface area contributed by atoms with Crippen LogP contribution in [0.5, 0.6) is 0 Å². The van der Waals surface area contributed by atoms with Gasteiger partial charge in [0.1, 0.15) is 0 Å². The number of amides is 2. The van der Waals surface area contributed by atoms with Crippen LogP contribution < -0.4 is 5.19 Å². The standard InChI is InChI=1S/C12H15NO4Si/c1-13-11(14)9-6-5-8(7-10(9)12(13)15)18(4,16-2)17-3/h5-7H,1-4H3. The first kappa shape index (κ1) is 12.9. The minimum atomic E-state index is -2.47. The second-order valence-electron chi connectivity index (χ2n) is 4.28. The highest BCUT2D eigenvalue weighted by atomic mass is 28.4. The van der Waals surface area contributed by atoms with Gasteiger partial charge in [-0.3, -0.25) is 14.5 Å². The second-order valence-corrected chi connectivity index (χ2v) is 7.57. The quantitative estimate of drug-likeness (QED) is 0.589. The number of hydrogen-bond acceptors (Lipinski definition) is 4. The molecular formula is C12H15NO4Si. The van der Waals surface area contributed by atoms with E-state index in [4.69, 9.17) is 8.85 Å². The van der Waals surface area contributed by atoms with Gasteiger partial charge in [-0.05, 0) is 23.9 Å². The summed E-state index contributed by atoms with van der Waals surface area (Å²) in [6.07, 6.45) is 0. The van der Waals surface area contributed by atoms with Crippen LogP contribution in [0.25, 0.3) is 0 Å². The van der Waals surface area contributed by atoms with Crippen LogP contribution in [-0.2, 0) is 8.85 Å². The van der Waals surface area contributed by atoms with E-state index >= 15 is 0 Å². The van der Waals surface area contributed by atoms with Crippen molar-refractivity contribution in [2.75, 3.05) is 21.3 Å². The van der Waals surface area contributed by atoms with E-state index in [-0.39, 0.29) is 11.8 Å². The van der Waals surface area contributed by atoms with Crippen molar-refractivity contribution in [1.29, 1.82) is 0 Å². The smallest absolute Gasteiger partial charge is 0.368 e. The molecule has 1 heterocycles. The van der Waals surface area contributed by atoms with Crippen LogP contribution in [0.2, 0.25) is 6.55 Å². The van der Waals surface area contributed by atoms with E-state index in [0.29, 0.717) is 11.1 Å². The lowest BCUT2D eigenvalue weighted by molar-refractivity contribution is 0.0693. The number of fused-ring (bicyclic) bond motifs is 1. The average Bonchev–Trinajstić information content (AvgIpc) is 2.62. The van der Waals surface area contributed by atoms with Crippen LogP contribution in [0.3, 0.4) is 0 Å². The number of imide groups is 1. The van der Waals surface area contributed by atoms with Gasteiger partial charge in [0, 0.05) is 21.3 Å². The van der Waals surface area contributed by atoms with Gasteiger partial charge >= 0.3 is 8.56 Å². The fourth-order valence-corrected chi connectivity index (χ4v) is 3.39. The van der Waals surface area contributed by atoms with E-state index in [1.807, 2.05) is 6.55 Å². The first-order valence-corrected chi connectivity index (χ1v) is 7.83. The van der Waals surface area contributed by atoms with Gasteiger partial charge in [0.2, 0.25) is 0 Å². The summed E-state index contributed by atoms with van der Waals surface area (Å²) < 4.78 is 10.9. The van der Waals surface area contributed by atoms with Gasteiger partial charge in [0.15, 0.2) is 0 Å². The van der Waals surface area contributed by atoms with Crippen molar-refractivity contribution < 1.29 is 18.4 Å². The Morgan fingerprint density at radius 1 is 1.06 bits per heavy atom. The molecule has 0 unspecified atom stereocenters. The molecule has 1 aliphatic rings. The zero-order valence-electron chi connectivity index (χ0n) is 10.8. The van der Waals surface area contributed by atoms with Crippen LogP contribution in [0.15, 0.2) is 18.2 Å². The molecule has 2 rings (SSSR count). The minimum absolute atomic E-state index is 0.264. The number of carbonyl (C=O) groups is 2. The van der Waals surface area contributed by atoms with Gasteiger partial charge in [0.25, 0.3) is 11.8 Å². The molecule has 0 saturated heterocycles. The lowest BCUT2D eigenvalue weighted by atomic mass is 10.1. The largest absolute Gasteiger partial charge is 0.394 e. The Labute approximate surface area is 107 Å². The normalized spacial score (nSPS) is 15.2. The summed E-state index contributed by atoms with van der Waals surface area (Å²) in [5, 5.41) is 0.836. The molecule has 0 atom stereocenters. The third-order valence-corrected chi connectivity index (χ3v) is 6.31. The van der Waals surface area contributed by atoms with Crippen molar-refractivity contribution in [3.8, 4) is 0 Å². The Morgan fingerprint density at radius 2 is 1.61 bits per heavy atom. The number of benzene rings is 1. The van der Waals surface area contributed by atoms with Gasteiger partial charge in [-0.15, -0.1) is 0 Å². The molecule has 2 amide bonds. The molecule has 0 bridgehead atoms. The molecule has 1 aliphatic heterocycles. The Balaban J connectivity index is 2.53. The van der Waals surface area contributed by atoms with Crippen molar-refractivity contribution in [3.05, 3.63) is 29.3 Å². The molecule has 6 heteroatoms. The SMILES string of the molecule is CO[Si](C)(OC)c1ccc2c(c1)C(=O)N(C)C2=O. The van der Waals surface area contributed by atoms with E-state index < -0.39 is 8.56 Å². The maximum absolute atomic E-state index is 11.9. The molecule has 0 saturated carbocycles. The molecule has 0 fully saturated rings. The highest BCUT2D eigenvalue weighted by Gasteiger charge is 2.37.